The van der Waals surface area contributed by atoms with Crippen molar-refractivity contribution in [2.75, 3.05) is 18.0 Å². The summed E-state index contributed by atoms with van der Waals surface area (Å²) >= 11 is 3.33. The molecular weight excluding hydrogens is 330 g/mol. The molecule has 1 aliphatic rings. The van der Waals surface area contributed by atoms with Gasteiger partial charge in [-0.15, -0.1) is 0 Å². The molecule has 7 nitrogen and oxygen atoms in total. The van der Waals surface area contributed by atoms with Crippen molar-refractivity contribution >= 4 is 33.4 Å². The van der Waals surface area contributed by atoms with E-state index in [1.165, 1.54) is 6.20 Å². The Morgan fingerprint density at radius 2 is 2.25 bits per heavy atom. The molecule has 0 radical (unpaired) electrons. The second-order valence-electron chi connectivity index (χ2n) is 4.99. The maximum atomic E-state index is 11.1. The zero-order valence-electron chi connectivity index (χ0n) is 11.0. The van der Waals surface area contributed by atoms with Crippen molar-refractivity contribution in [2.24, 2.45) is 11.8 Å². The quantitative estimate of drug-likeness (QED) is 0.667. The van der Waals surface area contributed by atoms with Crippen molar-refractivity contribution in [3.63, 3.8) is 0 Å². The van der Waals surface area contributed by atoms with Gasteiger partial charge in [0.2, 0.25) is 0 Å². The lowest BCUT2D eigenvalue weighted by molar-refractivity contribution is -0.385. The molecule has 0 spiro atoms. The lowest BCUT2D eigenvalue weighted by atomic mass is 9.99. The Kier molecular flexibility index (Phi) is 3.94. The molecule has 1 saturated heterocycles. The Hall–Kier alpha value is -1.70. The first-order valence-corrected chi connectivity index (χ1v) is 6.89. The predicted molar refractivity (Wildman–Crippen MR) is 75.8 cm³/mol. The van der Waals surface area contributed by atoms with Crippen LogP contribution in [0.4, 0.5) is 11.5 Å². The fourth-order valence-electron chi connectivity index (χ4n) is 2.42. The van der Waals surface area contributed by atoms with E-state index in [9.17, 15) is 14.9 Å². The summed E-state index contributed by atoms with van der Waals surface area (Å²) in [5.41, 5.74) is 0.439. The summed E-state index contributed by atoms with van der Waals surface area (Å²) in [5, 5.41) is 20.0. The lowest BCUT2D eigenvalue weighted by Gasteiger charge is -2.19. The molecule has 2 unspecified atom stereocenters. The predicted octanol–water partition coefficient (Wildman–Crippen LogP) is 2.22. The summed E-state index contributed by atoms with van der Waals surface area (Å²) < 4.78 is 0.546. The Morgan fingerprint density at radius 3 is 2.75 bits per heavy atom. The Balaban J connectivity index is 2.34. The fraction of sp³-hybridized carbons (Fsp3) is 0.500. The zero-order chi connectivity index (χ0) is 15.0. The van der Waals surface area contributed by atoms with Crippen LogP contribution in [0.15, 0.2) is 10.7 Å². The minimum atomic E-state index is -0.824. The van der Waals surface area contributed by atoms with E-state index in [4.69, 9.17) is 5.11 Å². The lowest BCUT2D eigenvalue weighted by Crippen LogP contribution is -2.24. The first-order chi connectivity index (χ1) is 9.32. The minimum Gasteiger partial charge on any atom is -0.481 e. The first-order valence-electron chi connectivity index (χ1n) is 6.10. The van der Waals surface area contributed by atoms with Crippen molar-refractivity contribution in [3.8, 4) is 0 Å². The van der Waals surface area contributed by atoms with E-state index in [-0.39, 0.29) is 11.6 Å². The van der Waals surface area contributed by atoms with Gasteiger partial charge in [-0.2, -0.15) is 0 Å². The van der Waals surface area contributed by atoms with Gasteiger partial charge in [-0.25, -0.2) is 4.98 Å². The van der Waals surface area contributed by atoms with Gasteiger partial charge in [0.15, 0.2) is 0 Å². The second-order valence-corrected chi connectivity index (χ2v) is 5.78. The number of nitro groups is 1. The number of nitrogens with zero attached hydrogens (tertiary/aromatic N) is 3. The molecule has 2 heterocycles. The molecule has 1 aliphatic heterocycles. The van der Waals surface area contributed by atoms with Gasteiger partial charge in [0.05, 0.1) is 15.3 Å². The van der Waals surface area contributed by atoms with E-state index in [1.807, 2.05) is 11.8 Å². The third-order valence-electron chi connectivity index (χ3n) is 3.64. The molecule has 108 valence electrons. The summed E-state index contributed by atoms with van der Waals surface area (Å²) in [6.07, 6.45) is 1.22. The molecule has 0 aromatic carbocycles. The average molecular weight is 344 g/mol. The monoisotopic (exact) mass is 343 g/mol. The number of rotatable bonds is 3. The molecular formula is C12H14BrN3O4. The maximum Gasteiger partial charge on any atom is 0.308 e. The van der Waals surface area contributed by atoms with Crippen LogP contribution in [0, 0.1) is 28.9 Å². The molecule has 1 aromatic rings. The number of anilines is 1. The number of carboxylic acids is 1. The highest BCUT2D eigenvalue weighted by atomic mass is 79.9. The summed E-state index contributed by atoms with van der Waals surface area (Å²) in [5.74, 6) is -0.700. The van der Waals surface area contributed by atoms with Crippen molar-refractivity contribution in [3.05, 3.63) is 26.3 Å². The van der Waals surface area contributed by atoms with E-state index >= 15 is 0 Å². The van der Waals surface area contributed by atoms with Crippen molar-refractivity contribution < 1.29 is 14.8 Å². The fourth-order valence-corrected chi connectivity index (χ4v) is 2.98. The van der Waals surface area contributed by atoms with Crippen LogP contribution < -0.4 is 4.90 Å². The summed E-state index contributed by atoms with van der Waals surface area (Å²) in [4.78, 5) is 27.5. The van der Waals surface area contributed by atoms with Gasteiger partial charge < -0.3 is 10.0 Å². The van der Waals surface area contributed by atoms with Gasteiger partial charge in [0.1, 0.15) is 12.0 Å². The number of carboxylic acid groups (broad SMARTS) is 1. The summed E-state index contributed by atoms with van der Waals surface area (Å²) in [7, 11) is 0. The van der Waals surface area contributed by atoms with Crippen molar-refractivity contribution in [1.29, 1.82) is 0 Å². The normalized spacial score (nSPS) is 22.1. The van der Waals surface area contributed by atoms with Gasteiger partial charge in [0, 0.05) is 18.7 Å². The summed E-state index contributed by atoms with van der Waals surface area (Å²) in [6.45, 7) is 4.45. The number of halogens is 1. The van der Waals surface area contributed by atoms with Crippen LogP contribution in [-0.4, -0.2) is 34.1 Å². The molecule has 0 aliphatic carbocycles. The van der Waals surface area contributed by atoms with Gasteiger partial charge in [-0.05, 0) is 28.8 Å². The van der Waals surface area contributed by atoms with Crippen LogP contribution in [0.1, 0.15) is 12.5 Å². The van der Waals surface area contributed by atoms with Crippen LogP contribution in [0.5, 0.6) is 0 Å². The average Bonchev–Trinajstić information content (AvgIpc) is 2.74. The number of carbonyl (C=O) groups is 1. The first kappa shape index (κ1) is 14.7. The minimum absolute atomic E-state index is 0.0108. The van der Waals surface area contributed by atoms with Crippen LogP contribution in [0.25, 0.3) is 0 Å². The molecule has 0 amide bonds. The molecule has 2 rings (SSSR count). The van der Waals surface area contributed by atoms with Gasteiger partial charge in [-0.1, -0.05) is 6.92 Å². The largest absolute Gasteiger partial charge is 0.481 e. The third kappa shape index (κ3) is 2.47. The van der Waals surface area contributed by atoms with Crippen LogP contribution >= 0.6 is 15.9 Å². The topological polar surface area (TPSA) is 96.6 Å². The van der Waals surface area contributed by atoms with Gasteiger partial charge in [-0.3, -0.25) is 14.9 Å². The number of hydrogen-bond donors (Lipinski definition) is 1. The Bertz CT molecular complexity index is 578. The highest BCUT2D eigenvalue weighted by Gasteiger charge is 2.36. The zero-order valence-corrected chi connectivity index (χ0v) is 12.6. The Morgan fingerprint density at radius 1 is 1.60 bits per heavy atom. The van der Waals surface area contributed by atoms with Crippen LogP contribution in [-0.2, 0) is 4.79 Å². The SMILES string of the molecule is Cc1c([N+](=O)[O-])cnc(N2CC(C)C(C(=O)O)C2)c1Br. The smallest absolute Gasteiger partial charge is 0.308 e. The number of aliphatic carboxylic acids is 1. The van der Waals surface area contributed by atoms with Crippen LogP contribution in [0.2, 0.25) is 0 Å². The van der Waals surface area contributed by atoms with Crippen LogP contribution in [0.3, 0.4) is 0 Å². The van der Waals surface area contributed by atoms with E-state index in [0.717, 1.165) is 0 Å². The number of pyridine rings is 1. The highest BCUT2D eigenvalue weighted by molar-refractivity contribution is 9.10. The van der Waals surface area contributed by atoms with Crippen molar-refractivity contribution in [1.82, 2.24) is 4.98 Å². The molecule has 2 atom stereocenters. The maximum absolute atomic E-state index is 11.1. The highest BCUT2D eigenvalue weighted by Crippen LogP contribution is 2.36. The third-order valence-corrected chi connectivity index (χ3v) is 4.59. The molecule has 1 N–H and O–H groups in total. The second kappa shape index (κ2) is 5.35. The molecule has 20 heavy (non-hydrogen) atoms. The Labute approximate surface area is 123 Å². The van der Waals surface area contributed by atoms with E-state index in [0.29, 0.717) is 28.9 Å². The molecule has 8 heteroatoms. The molecule has 1 aromatic heterocycles. The molecule has 0 bridgehead atoms. The number of aromatic nitrogens is 1. The standard InChI is InChI=1S/C12H14BrN3O4/c1-6-4-15(5-8(6)12(17)18)11-10(13)7(2)9(3-14-11)16(19)20/h3,6,8H,4-5H2,1-2H3,(H,17,18). The summed E-state index contributed by atoms with van der Waals surface area (Å²) in [6, 6.07) is 0. The van der Waals surface area contributed by atoms with E-state index in [1.54, 1.807) is 6.92 Å². The van der Waals surface area contributed by atoms with Gasteiger partial charge in [0.25, 0.3) is 5.69 Å². The molecule has 1 fully saturated rings. The van der Waals surface area contributed by atoms with Gasteiger partial charge >= 0.3 is 5.97 Å². The van der Waals surface area contributed by atoms with Crippen molar-refractivity contribution in [2.45, 2.75) is 13.8 Å². The molecule has 0 saturated carbocycles. The number of hydrogen-bond acceptors (Lipinski definition) is 5. The van der Waals surface area contributed by atoms with E-state index in [2.05, 4.69) is 20.9 Å². The van der Waals surface area contributed by atoms with E-state index < -0.39 is 16.8 Å².